The Balaban J connectivity index is 0.00000110. The molecule has 3 unspecified atom stereocenters. The van der Waals surface area contributed by atoms with Crippen molar-refractivity contribution < 1.29 is 50.8 Å². The molecule has 0 aromatic rings. The molecule has 21 heavy (non-hydrogen) atoms. The second kappa shape index (κ2) is 6.69. The number of carbonyl (C=O) groups excluding carboxylic acids is 1. The van der Waals surface area contributed by atoms with Crippen LogP contribution in [-0.4, -0.2) is 17.2 Å². The van der Waals surface area contributed by atoms with Gasteiger partial charge in [-0.1, -0.05) is 6.58 Å². The summed E-state index contributed by atoms with van der Waals surface area (Å²) in [5.41, 5.74) is -1.09. The normalized spacial score (nSPS) is 40.7. The Morgan fingerprint density at radius 3 is 2.29 bits per heavy atom. The van der Waals surface area contributed by atoms with Gasteiger partial charge in [0.1, 0.15) is 11.2 Å². The molecule has 0 aromatic carbocycles. The SMILES string of the molecule is C=CC(=O)OC12CC3CC(C1)CC(O[NH+]([NH-])[O-])(C3)C2.[CH3-].[U+2]. The van der Waals surface area contributed by atoms with Crippen LogP contribution in [0.4, 0.5) is 0 Å². The fourth-order valence-electron chi connectivity index (χ4n) is 4.79. The summed E-state index contributed by atoms with van der Waals surface area (Å²) in [6.07, 6.45) is 6.15. The van der Waals surface area contributed by atoms with E-state index >= 15 is 0 Å². The first-order valence-electron chi connectivity index (χ1n) is 6.74. The van der Waals surface area contributed by atoms with E-state index in [9.17, 15) is 10.0 Å². The molecule has 4 rings (SSSR count). The molecule has 4 aliphatic carbocycles. The number of nitrogens with one attached hydrogen (secondary N) is 2. The van der Waals surface area contributed by atoms with E-state index in [2.05, 4.69) is 6.58 Å². The van der Waals surface area contributed by atoms with Crippen LogP contribution in [0.2, 0.25) is 0 Å². The quantitative estimate of drug-likeness (QED) is 0.264. The average molecular weight is 520 g/mol. The third kappa shape index (κ3) is 3.72. The number of hydrogen-bond donors (Lipinski definition) is 1. The summed E-state index contributed by atoms with van der Waals surface area (Å²) >= 11 is 0. The van der Waals surface area contributed by atoms with Crippen molar-refractivity contribution in [2.45, 2.75) is 49.7 Å². The number of carbonyl (C=O) groups is 1. The van der Waals surface area contributed by atoms with E-state index in [4.69, 9.17) is 15.4 Å². The fourth-order valence-corrected chi connectivity index (χ4v) is 4.79. The molecule has 0 amide bonds. The summed E-state index contributed by atoms with van der Waals surface area (Å²) in [6, 6.07) is 0. The van der Waals surface area contributed by atoms with Gasteiger partial charge in [-0.2, -0.15) is 0 Å². The standard InChI is InChI=1S/C13H19N2O4.CH3.U/c1-2-11(16)18-12-4-9-3-10(5-12)7-13(6-9,8-12)19-15(14)17;;/h2,9-10,14-15H,1,3-8H2;1H3;/q2*-1;+2. The van der Waals surface area contributed by atoms with Crippen molar-refractivity contribution in [3.8, 4) is 0 Å². The summed E-state index contributed by atoms with van der Waals surface area (Å²) in [7, 11) is 0. The fraction of sp³-hybridized carbons (Fsp3) is 0.714. The minimum absolute atomic E-state index is 0. The van der Waals surface area contributed by atoms with E-state index in [0.29, 0.717) is 18.3 Å². The molecule has 0 aromatic heterocycles. The van der Waals surface area contributed by atoms with E-state index in [1.807, 2.05) is 0 Å². The predicted octanol–water partition coefficient (Wildman–Crippen LogP) is 1.54. The number of ether oxygens (including phenoxy) is 1. The molecule has 2 N–H and O–H groups in total. The summed E-state index contributed by atoms with van der Waals surface area (Å²) in [5, 5.41) is 10.1. The van der Waals surface area contributed by atoms with Crippen LogP contribution in [0.25, 0.3) is 5.84 Å². The Hall–Kier alpha value is 0.102. The first-order valence-corrected chi connectivity index (χ1v) is 6.74. The Kier molecular flexibility index (Phi) is 6.10. The van der Waals surface area contributed by atoms with Crippen molar-refractivity contribution in [1.29, 1.82) is 0 Å². The van der Waals surface area contributed by atoms with Gasteiger partial charge in [-0.15, -0.1) is 0 Å². The topological polar surface area (TPSA) is 86.8 Å². The van der Waals surface area contributed by atoms with Crippen LogP contribution in [0.5, 0.6) is 0 Å². The summed E-state index contributed by atoms with van der Waals surface area (Å²) in [6.45, 7) is 3.43. The first-order chi connectivity index (χ1) is 8.94. The molecule has 3 atom stereocenters. The van der Waals surface area contributed by atoms with Crippen LogP contribution in [0.3, 0.4) is 0 Å². The molecule has 0 saturated heterocycles. The van der Waals surface area contributed by atoms with Crippen molar-refractivity contribution >= 4 is 5.97 Å². The van der Waals surface area contributed by atoms with Gasteiger partial charge in [0.2, 0.25) is 0 Å². The maximum atomic E-state index is 11.5. The molecular formula is C14H22N2O4U. The van der Waals surface area contributed by atoms with Gasteiger partial charge in [-0.05, 0) is 43.9 Å². The molecule has 0 radical (unpaired) electrons. The molecule has 4 fully saturated rings. The van der Waals surface area contributed by atoms with E-state index in [0.717, 1.165) is 32.1 Å². The minimum atomic E-state index is -0.979. The number of rotatable bonds is 4. The zero-order chi connectivity index (χ0) is 13.7. The van der Waals surface area contributed by atoms with Gasteiger partial charge in [-0.25, -0.2) is 9.63 Å². The van der Waals surface area contributed by atoms with E-state index < -0.39 is 22.5 Å². The number of hydrogen-bond acceptors (Lipinski definition) is 4. The van der Waals surface area contributed by atoms with E-state index in [-0.39, 0.29) is 38.5 Å². The van der Waals surface area contributed by atoms with Gasteiger partial charge in [0.15, 0.2) is 0 Å². The second-order valence-corrected chi connectivity index (χ2v) is 6.34. The second-order valence-electron chi connectivity index (χ2n) is 6.34. The zero-order valence-electron chi connectivity index (χ0n) is 12.3. The summed E-state index contributed by atoms with van der Waals surface area (Å²) in [4.78, 5) is 16.8. The molecular weight excluding hydrogens is 498 g/mol. The Bertz CT molecular complexity index is 396. The molecule has 6 nitrogen and oxygen atoms in total. The maximum Gasteiger partial charge on any atom is 2.00 e. The Morgan fingerprint density at radius 1 is 1.29 bits per heavy atom. The van der Waals surface area contributed by atoms with Gasteiger partial charge in [0, 0.05) is 12.5 Å². The van der Waals surface area contributed by atoms with Gasteiger partial charge < -0.3 is 23.2 Å². The zero-order valence-corrected chi connectivity index (χ0v) is 16.5. The molecule has 0 spiro atoms. The van der Waals surface area contributed by atoms with Gasteiger partial charge in [0.25, 0.3) is 0 Å². The van der Waals surface area contributed by atoms with Crippen LogP contribution in [0.1, 0.15) is 38.5 Å². The minimum Gasteiger partial charge on any atom is -0.609 e. The van der Waals surface area contributed by atoms with Crippen molar-refractivity contribution in [1.82, 2.24) is 0 Å². The van der Waals surface area contributed by atoms with Crippen LogP contribution in [-0.2, 0) is 14.4 Å². The maximum absolute atomic E-state index is 11.5. The number of esters is 1. The van der Waals surface area contributed by atoms with Crippen LogP contribution >= 0.6 is 0 Å². The third-order valence-electron chi connectivity index (χ3n) is 4.75. The monoisotopic (exact) mass is 520 g/mol. The summed E-state index contributed by atoms with van der Waals surface area (Å²) < 4.78 is 5.60. The van der Waals surface area contributed by atoms with Crippen LogP contribution in [0.15, 0.2) is 12.7 Å². The molecule has 4 aliphatic rings. The van der Waals surface area contributed by atoms with E-state index in [1.165, 1.54) is 6.08 Å². The van der Waals surface area contributed by atoms with Gasteiger partial charge >= 0.3 is 37.1 Å². The van der Waals surface area contributed by atoms with Crippen molar-refractivity contribution in [3.05, 3.63) is 31.1 Å². The Morgan fingerprint density at radius 2 is 1.81 bits per heavy atom. The first kappa shape index (κ1) is 19.1. The molecule has 0 heterocycles. The van der Waals surface area contributed by atoms with Crippen molar-refractivity contribution in [3.63, 3.8) is 0 Å². The Labute approximate surface area is 149 Å². The predicted molar refractivity (Wildman–Crippen MR) is 72.6 cm³/mol. The number of quaternary nitrogens is 1. The van der Waals surface area contributed by atoms with Crippen LogP contribution < -0.4 is 5.34 Å². The third-order valence-corrected chi connectivity index (χ3v) is 4.75. The van der Waals surface area contributed by atoms with Gasteiger partial charge in [-0.3, -0.25) is 5.34 Å². The van der Waals surface area contributed by atoms with Crippen LogP contribution in [0, 0.1) is 55.6 Å². The smallest absolute Gasteiger partial charge is 0.609 e. The molecule has 116 valence electrons. The average Bonchev–Trinajstić information content (AvgIpc) is 2.24. The molecule has 4 saturated carbocycles. The van der Waals surface area contributed by atoms with Gasteiger partial charge in [0.05, 0.1) is 0 Å². The molecule has 7 heteroatoms. The van der Waals surface area contributed by atoms with Crippen molar-refractivity contribution in [2.24, 2.45) is 11.8 Å². The molecule has 4 bridgehead atoms. The van der Waals surface area contributed by atoms with Crippen molar-refractivity contribution in [2.75, 3.05) is 0 Å². The summed E-state index contributed by atoms with van der Waals surface area (Å²) in [5.74, 6) is 7.52. The van der Waals surface area contributed by atoms with E-state index in [1.54, 1.807) is 0 Å². The molecule has 0 aliphatic heterocycles. The largest absolute Gasteiger partial charge is 2.00 e.